The van der Waals surface area contributed by atoms with E-state index in [0.29, 0.717) is 36.5 Å². The number of aryl methyl sites for hydroxylation is 1. The highest BCUT2D eigenvalue weighted by Gasteiger charge is 2.23. The molecule has 1 amide bonds. The van der Waals surface area contributed by atoms with Crippen LogP contribution in [0.5, 0.6) is 0 Å². The fraction of sp³-hybridized carbons (Fsp3) is 0.526. The Morgan fingerprint density at radius 1 is 1.39 bits per heavy atom. The smallest absolute Gasteiger partial charge is 0.345 e. The van der Waals surface area contributed by atoms with Crippen LogP contribution in [0.2, 0.25) is 5.02 Å². The van der Waals surface area contributed by atoms with Gasteiger partial charge in [-0.15, -0.1) is 11.8 Å². The highest BCUT2D eigenvalue weighted by molar-refractivity contribution is 7.98. The Labute approximate surface area is 174 Å². The van der Waals surface area contributed by atoms with E-state index in [2.05, 4.69) is 10.4 Å². The molecule has 2 heterocycles. The van der Waals surface area contributed by atoms with Crippen LogP contribution in [0, 0.1) is 0 Å². The maximum atomic E-state index is 12.7. The maximum Gasteiger partial charge on any atom is 0.345 e. The SMILES string of the molecule is CSc1ccc(Cl)c(C(=O)NC2CCc3nn(CCN(C)C)c(=O)n3CC2)c1. The molecule has 0 saturated carbocycles. The van der Waals surface area contributed by atoms with Gasteiger partial charge in [-0.3, -0.25) is 9.36 Å². The van der Waals surface area contributed by atoms with Crippen molar-refractivity contribution in [3.05, 3.63) is 45.1 Å². The largest absolute Gasteiger partial charge is 0.349 e. The second kappa shape index (κ2) is 9.15. The van der Waals surface area contributed by atoms with E-state index in [1.807, 2.05) is 37.4 Å². The van der Waals surface area contributed by atoms with Gasteiger partial charge in [0.25, 0.3) is 5.91 Å². The summed E-state index contributed by atoms with van der Waals surface area (Å²) >= 11 is 7.78. The van der Waals surface area contributed by atoms with Crippen molar-refractivity contribution in [2.75, 3.05) is 26.9 Å². The molecular formula is C19H26ClN5O2S. The summed E-state index contributed by atoms with van der Waals surface area (Å²) in [5, 5.41) is 8.02. The second-order valence-corrected chi connectivity index (χ2v) is 8.51. The van der Waals surface area contributed by atoms with Gasteiger partial charge in [-0.25, -0.2) is 9.48 Å². The van der Waals surface area contributed by atoms with Crippen LogP contribution in [0.25, 0.3) is 0 Å². The summed E-state index contributed by atoms with van der Waals surface area (Å²) in [6.45, 7) is 1.90. The summed E-state index contributed by atoms with van der Waals surface area (Å²) in [6.07, 6.45) is 4.06. The normalized spacial score (nSPS) is 16.7. The molecule has 0 saturated heterocycles. The minimum atomic E-state index is -0.172. The first kappa shape index (κ1) is 21.0. The summed E-state index contributed by atoms with van der Waals surface area (Å²) in [5.41, 5.74) is 0.418. The average Bonchev–Trinajstić information content (AvgIpc) is 2.83. The number of halogens is 1. The molecule has 9 heteroatoms. The lowest BCUT2D eigenvalue weighted by molar-refractivity contribution is 0.0933. The molecule has 0 fully saturated rings. The van der Waals surface area contributed by atoms with Crippen molar-refractivity contribution >= 4 is 29.3 Å². The zero-order chi connectivity index (χ0) is 20.3. The van der Waals surface area contributed by atoms with Crippen molar-refractivity contribution in [1.29, 1.82) is 0 Å². The molecule has 0 bridgehead atoms. The highest BCUT2D eigenvalue weighted by atomic mass is 35.5. The number of likely N-dealkylation sites (N-methyl/N-ethyl adjacent to an activating group) is 1. The molecule has 152 valence electrons. The molecule has 28 heavy (non-hydrogen) atoms. The predicted octanol–water partition coefficient (Wildman–Crippen LogP) is 2.12. The van der Waals surface area contributed by atoms with Crippen LogP contribution in [0.3, 0.4) is 0 Å². The molecule has 1 aromatic heterocycles. The van der Waals surface area contributed by atoms with Crippen LogP contribution in [0.4, 0.5) is 0 Å². The van der Waals surface area contributed by atoms with Crippen LogP contribution in [0.15, 0.2) is 27.9 Å². The van der Waals surface area contributed by atoms with Crippen LogP contribution in [-0.2, 0) is 19.5 Å². The number of hydrogen-bond acceptors (Lipinski definition) is 5. The second-order valence-electron chi connectivity index (χ2n) is 7.22. The summed E-state index contributed by atoms with van der Waals surface area (Å²) in [7, 11) is 3.95. The van der Waals surface area contributed by atoms with Gasteiger partial charge in [0.15, 0.2) is 0 Å². The number of carbonyl (C=O) groups is 1. The minimum absolute atomic E-state index is 0.0159. The number of hydrogen-bond donors (Lipinski definition) is 1. The van der Waals surface area contributed by atoms with E-state index in [-0.39, 0.29) is 17.6 Å². The third kappa shape index (κ3) is 4.79. The Balaban J connectivity index is 1.66. The molecule has 2 aromatic rings. The number of rotatable bonds is 6. The van der Waals surface area contributed by atoms with Crippen molar-refractivity contribution in [1.82, 2.24) is 24.6 Å². The van der Waals surface area contributed by atoms with Crippen LogP contribution in [0.1, 0.15) is 29.0 Å². The van der Waals surface area contributed by atoms with Crippen LogP contribution >= 0.6 is 23.4 Å². The number of thioether (sulfide) groups is 1. The van der Waals surface area contributed by atoms with Crippen molar-refractivity contribution in [3.8, 4) is 0 Å². The Bertz CT molecular complexity index is 908. The van der Waals surface area contributed by atoms with E-state index in [9.17, 15) is 9.59 Å². The van der Waals surface area contributed by atoms with E-state index in [1.165, 1.54) is 0 Å². The van der Waals surface area contributed by atoms with Crippen LogP contribution < -0.4 is 11.0 Å². The lowest BCUT2D eigenvalue weighted by Gasteiger charge is -2.17. The summed E-state index contributed by atoms with van der Waals surface area (Å²) in [6, 6.07) is 5.45. The minimum Gasteiger partial charge on any atom is -0.349 e. The molecule has 1 N–H and O–H groups in total. The van der Waals surface area contributed by atoms with Crippen molar-refractivity contribution in [2.45, 2.75) is 43.3 Å². The Morgan fingerprint density at radius 2 is 2.18 bits per heavy atom. The van der Waals surface area contributed by atoms with Gasteiger partial charge in [0.2, 0.25) is 0 Å². The van der Waals surface area contributed by atoms with E-state index < -0.39 is 0 Å². The number of aromatic nitrogens is 3. The van der Waals surface area contributed by atoms with Gasteiger partial charge >= 0.3 is 5.69 Å². The molecule has 1 aliphatic heterocycles. The topological polar surface area (TPSA) is 72.2 Å². The number of nitrogens with zero attached hydrogens (tertiary/aromatic N) is 4. The number of benzene rings is 1. The van der Waals surface area contributed by atoms with E-state index >= 15 is 0 Å². The molecule has 7 nitrogen and oxygen atoms in total. The molecular weight excluding hydrogens is 398 g/mol. The van der Waals surface area contributed by atoms with Crippen molar-refractivity contribution in [2.24, 2.45) is 0 Å². The molecule has 3 rings (SSSR count). The fourth-order valence-corrected chi connectivity index (χ4v) is 3.92. The lowest BCUT2D eigenvalue weighted by atomic mass is 10.1. The Morgan fingerprint density at radius 3 is 2.89 bits per heavy atom. The summed E-state index contributed by atoms with van der Waals surface area (Å²) in [4.78, 5) is 28.3. The fourth-order valence-electron chi connectivity index (χ4n) is 3.28. The zero-order valence-corrected chi connectivity index (χ0v) is 18.0. The van der Waals surface area contributed by atoms with E-state index in [4.69, 9.17) is 11.6 Å². The van der Waals surface area contributed by atoms with E-state index in [0.717, 1.165) is 23.7 Å². The number of fused-ring (bicyclic) bond motifs is 1. The highest BCUT2D eigenvalue weighted by Crippen LogP contribution is 2.23. The quantitative estimate of drug-likeness (QED) is 0.720. The summed E-state index contributed by atoms with van der Waals surface area (Å²) in [5.74, 6) is 0.622. The van der Waals surface area contributed by atoms with Gasteiger partial charge in [0.05, 0.1) is 17.1 Å². The predicted molar refractivity (Wildman–Crippen MR) is 112 cm³/mol. The van der Waals surface area contributed by atoms with Crippen LogP contribution in [-0.4, -0.2) is 58.1 Å². The molecule has 1 unspecified atom stereocenters. The molecule has 0 aliphatic carbocycles. The third-order valence-electron chi connectivity index (χ3n) is 4.93. The molecule has 1 atom stereocenters. The van der Waals surface area contributed by atoms with Gasteiger partial charge in [-0.05, 0) is 51.4 Å². The summed E-state index contributed by atoms with van der Waals surface area (Å²) < 4.78 is 3.28. The third-order valence-corrected chi connectivity index (χ3v) is 5.98. The Hall–Kier alpha value is -1.77. The monoisotopic (exact) mass is 423 g/mol. The number of amides is 1. The molecule has 1 aliphatic rings. The first-order valence-electron chi connectivity index (χ1n) is 9.34. The Kier molecular flexibility index (Phi) is 6.85. The number of carbonyl (C=O) groups excluding carboxylic acids is 1. The average molecular weight is 424 g/mol. The van der Waals surface area contributed by atoms with Gasteiger partial charge in [-0.1, -0.05) is 11.6 Å². The van der Waals surface area contributed by atoms with E-state index in [1.54, 1.807) is 27.1 Å². The number of nitrogens with one attached hydrogen (secondary N) is 1. The first-order chi connectivity index (χ1) is 13.4. The standard InChI is InChI=1S/C19H26ClN5O2S/c1-23(2)10-11-25-19(27)24-9-8-13(4-7-17(24)22-25)21-18(26)15-12-14(28-3)5-6-16(15)20/h5-6,12-13H,4,7-11H2,1-3H3,(H,21,26). The maximum absolute atomic E-state index is 12.7. The van der Waals surface area contributed by atoms with Gasteiger partial charge < -0.3 is 10.2 Å². The lowest BCUT2D eigenvalue weighted by Crippen LogP contribution is -2.36. The van der Waals surface area contributed by atoms with Gasteiger partial charge in [0, 0.05) is 30.4 Å². The molecule has 1 aromatic carbocycles. The van der Waals surface area contributed by atoms with Gasteiger partial charge in [0.1, 0.15) is 5.82 Å². The first-order valence-corrected chi connectivity index (χ1v) is 10.9. The van der Waals surface area contributed by atoms with Crippen molar-refractivity contribution in [3.63, 3.8) is 0 Å². The zero-order valence-electron chi connectivity index (χ0n) is 16.4. The molecule has 0 spiro atoms. The van der Waals surface area contributed by atoms with Gasteiger partial charge in [-0.2, -0.15) is 5.10 Å². The molecule has 0 radical (unpaired) electrons. The van der Waals surface area contributed by atoms with Crippen molar-refractivity contribution < 1.29 is 4.79 Å².